The Kier molecular flexibility index (Phi) is 4.24. The van der Waals surface area contributed by atoms with Gasteiger partial charge in [0, 0.05) is 5.56 Å². The monoisotopic (exact) mass is 285 g/mol. The first-order valence-corrected chi connectivity index (χ1v) is 5.07. The Labute approximate surface area is 106 Å². The SMILES string of the molecule is COc1cccc([C@@H](N)C(F)(F)C(F)(F)F)c1OC. The lowest BCUT2D eigenvalue weighted by Gasteiger charge is -2.27. The molecule has 0 aromatic heterocycles. The van der Waals surface area contributed by atoms with Gasteiger partial charge in [0.2, 0.25) is 0 Å². The number of methoxy groups -OCH3 is 2. The van der Waals surface area contributed by atoms with Gasteiger partial charge in [0.25, 0.3) is 0 Å². The van der Waals surface area contributed by atoms with Crippen molar-refractivity contribution in [2.45, 2.75) is 18.1 Å². The summed E-state index contributed by atoms with van der Waals surface area (Å²) in [5.41, 5.74) is 4.57. The van der Waals surface area contributed by atoms with Crippen LogP contribution in [0.1, 0.15) is 11.6 Å². The molecule has 0 aliphatic heterocycles. The Morgan fingerprint density at radius 1 is 1.05 bits per heavy atom. The average Bonchev–Trinajstić information content (AvgIpc) is 2.35. The highest BCUT2D eigenvalue weighted by molar-refractivity contribution is 5.48. The van der Waals surface area contributed by atoms with Gasteiger partial charge in [-0.15, -0.1) is 0 Å². The lowest BCUT2D eigenvalue weighted by Crippen LogP contribution is -2.45. The van der Waals surface area contributed by atoms with E-state index in [2.05, 4.69) is 0 Å². The molecule has 0 bridgehead atoms. The van der Waals surface area contributed by atoms with Crippen molar-refractivity contribution in [3.63, 3.8) is 0 Å². The molecule has 0 unspecified atom stereocenters. The molecule has 8 heteroatoms. The highest BCUT2D eigenvalue weighted by Gasteiger charge is 2.62. The van der Waals surface area contributed by atoms with Gasteiger partial charge in [-0.1, -0.05) is 12.1 Å². The predicted molar refractivity (Wildman–Crippen MR) is 57.5 cm³/mol. The molecule has 1 rings (SSSR count). The number of nitrogens with two attached hydrogens (primary N) is 1. The van der Waals surface area contributed by atoms with Crippen molar-refractivity contribution in [2.75, 3.05) is 14.2 Å². The molecule has 1 aromatic rings. The van der Waals surface area contributed by atoms with Crippen LogP contribution in [-0.4, -0.2) is 26.3 Å². The van der Waals surface area contributed by atoms with E-state index >= 15 is 0 Å². The second kappa shape index (κ2) is 5.20. The van der Waals surface area contributed by atoms with Gasteiger partial charge in [-0.25, -0.2) is 0 Å². The van der Waals surface area contributed by atoms with Crippen LogP contribution in [0.25, 0.3) is 0 Å². The maximum Gasteiger partial charge on any atom is 0.455 e. The van der Waals surface area contributed by atoms with E-state index in [9.17, 15) is 22.0 Å². The molecule has 0 heterocycles. The first-order chi connectivity index (χ1) is 8.66. The molecule has 0 aliphatic rings. The molecular weight excluding hydrogens is 273 g/mol. The molecule has 19 heavy (non-hydrogen) atoms. The third kappa shape index (κ3) is 2.73. The summed E-state index contributed by atoms with van der Waals surface area (Å²) in [5, 5.41) is 0. The Morgan fingerprint density at radius 3 is 2.05 bits per heavy atom. The Hall–Kier alpha value is -1.57. The van der Waals surface area contributed by atoms with Crippen molar-refractivity contribution >= 4 is 0 Å². The zero-order chi connectivity index (χ0) is 14.8. The first kappa shape index (κ1) is 15.5. The van der Waals surface area contributed by atoms with Gasteiger partial charge in [0.15, 0.2) is 11.5 Å². The molecule has 0 saturated carbocycles. The summed E-state index contributed by atoms with van der Waals surface area (Å²) in [7, 11) is 2.36. The number of benzene rings is 1. The molecular formula is C11H12F5NO2. The number of para-hydroxylation sites is 1. The summed E-state index contributed by atoms with van der Waals surface area (Å²) in [6, 6.07) is 1.06. The van der Waals surface area contributed by atoms with E-state index in [1.165, 1.54) is 19.2 Å². The quantitative estimate of drug-likeness (QED) is 0.865. The minimum Gasteiger partial charge on any atom is -0.493 e. The van der Waals surface area contributed by atoms with Gasteiger partial charge < -0.3 is 15.2 Å². The van der Waals surface area contributed by atoms with Gasteiger partial charge in [0.05, 0.1) is 14.2 Å². The van der Waals surface area contributed by atoms with Crippen LogP contribution in [0.15, 0.2) is 18.2 Å². The highest BCUT2D eigenvalue weighted by atomic mass is 19.4. The summed E-state index contributed by atoms with van der Waals surface area (Å²) < 4.78 is 72.9. The molecule has 1 atom stereocenters. The second-order valence-corrected chi connectivity index (χ2v) is 3.68. The van der Waals surface area contributed by atoms with Gasteiger partial charge >= 0.3 is 12.1 Å². The Morgan fingerprint density at radius 2 is 1.63 bits per heavy atom. The van der Waals surface area contributed by atoms with E-state index in [1.54, 1.807) is 0 Å². The van der Waals surface area contributed by atoms with E-state index in [1.807, 2.05) is 0 Å². The van der Waals surface area contributed by atoms with Crippen molar-refractivity contribution in [3.8, 4) is 11.5 Å². The van der Waals surface area contributed by atoms with Crippen LogP contribution in [0.5, 0.6) is 11.5 Å². The summed E-state index contributed by atoms with van der Waals surface area (Å²) in [6.45, 7) is 0. The lowest BCUT2D eigenvalue weighted by molar-refractivity contribution is -0.291. The van der Waals surface area contributed by atoms with Crippen molar-refractivity contribution in [1.29, 1.82) is 0 Å². The minimum atomic E-state index is -5.75. The summed E-state index contributed by atoms with van der Waals surface area (Å²) >= 11 is 0. The zero-order valence-electron chi connectivity index (χ0n) is 10.1. The first-order valence-electron chi connectivity index (χ1n) is 5.07. The van der Waals surface area contributed by atoms with Crippen LogP contribution in [-0.2, 0) is 0 Å². The molecule has 0 aliphatic carbocycles. The summed E-state index contributed by atoms with van der Waals surface area (Å²) in [4.78, 5) is 0. The van der Waals surface area contributed by atoms with Crippen molar-refractivity contribution < 1.29 is 31.4 Å². The molecule has 0 spiro atoms. The maximum absolute atomic E-state index is 13.2. The molecule has 0 fully saturated rings. The average molecular weight is 285 g/mol. The largest absolute Gasteiger partial charge is 0.493 e. The van der Waals surface area contributed by atoms with Crippen molar-refractivity contribution in [1.82, 2.24) is 0 Å². The van der Waals surface area contributed by atoms with Crippen molar-refractivity contribution in [2.24, 2.45) is 5.73 Å². The van der Waals surface area contributed by atoms with Crippen LogP contribution >= 0.6 is 0 Å². The molecule has 1 aromatic carbocycles. The normalized spacial score (nSPS) is 14.1. The maximum atomic E-state index is 13.2. The van der Waals surface area contributed by atoms with E-state index in [0.29, 0.717) is 0 Å². The van der Waals surface area contributed by atoms with Gasteiger partial charge in [-0.3, -0.25) is 0 Å². The predicted octanol–water partition coefficient (Wildman–Crippen LogP) is 2.90. The fourth-order valence-corrected chi connectivity index (χ4v) is 1.53. The van der Waals surface area contributed by atoms with Gasteiger partial charge in [-0.2, -0.15) is 22.0 Å². The number of hydrogen-bond acceptors (Lipinski definition) is 3. The second-order valence-electron chi connectivity index (χ2n) is 3.68. The van der Waals surface area contributed by atoms with Crippen molar-refractivity contribution in [3.05, 3.63) is 23.8 Å². The summed E-state index contributed by atoms with van der Waals surface area (Å²) in [5.74, 6) is -5.30. The lowest BCUT2D eigenvalue weighted by atomic mass is 9.99. The number of rotatable bonds is 4. The molecule has 2 N–H and O–H groups in total. The van der Waals surface area contributed by atoms with E-state index in [-0.39, 0.29) is 11.5 Å². The highest BCUT2D eigenvalue weighted by Crippen LogP contribution is 2.46. The molecule has 0 radical (unpaired) electrons. The van der Waals surface area contributed by atoms with Crippen LogP contribution < -0.4 is 15.2 Å². The van der Waals surface area contributed by atoms with Gasteiger partial charge in [-0.05, 0) is 6.07 Å². The van der Waals surface area contributed by atoms with Crippen LogP contribution in [0.3, 0.4) is 0 Å². The Balaban J connectivity index is 3.31. The number of ether oxygens (including phenoxy) is 2. The van der Waals surface area contributed by atoms with Crippen LogP contribution in [0.2, 0.25) is 0 Å². The number of halogens is 5. The fourth-order valence-electron chi connectivity index (χ4n) is 1.53. The van der Waals surface area contributed by atoms with E-state index < -0.39 is 23.7 Å². The summed E-state index contributed by atoms with van der Waals surface area (Å²) in [6.07, 6.45) is -5.75. The minimum absolute atomic E-state index is 0.0217. The molecule has 108 valence electrons. The van der Waals surface area contributed by atoms with Gasteiger partial charge in [0.1, 0.15) is 6.04 Å². The number of hydrogen-bond donors (Lipinski definition) is 1. The molecule has 0 saturated heterocycles. The third-order valence-corrected chi connectivity index (χ3v) is 2.54. The fraction of sp³-hybridized carbons (Fsp3) is 0.455. The number of alkyl halides is 5. The third-order valence-electron chi connectivity index (χ3n) is 2.54. The molecule has 0 amide bonds. The topological polar surface area (TPSA) is 44.5 Å². The molecule has 3 nitrogen and oxygen atoms in total. The zero-order valence-corrected chi connectivity index (χ0v) is 10.1. The van der Waals surface area contributed by atoms with Crippen LogP contribution in [0, 0.1) is 0 Å². The Bertz CT molecular complexity index is 447. The van der Waals surface area contributed by atoms with E-state index in [4.69, 9.17) is 15.2 Å². The smallest absolute Gasteiger partial charge is 0.455 e. The van der Waals surface area contributed by atoms with E-state index in [0.717, 1.165) is 13.2 Å². The standard InChI is InChI=1S/C11H12F5NO2/c1-18-7-5-3-4-6(8(7)19-2)9(17)10(12,13)11(14,15)16/h3-5,9H,17H2,1-2H3/t9-/m1/s1. The van der Waals surface area contributed by atoms with Crippen LogP contribution in [0.4, 0.5) is 22.0 Å².